The van der Waals surface area contributed by atoms with E-state index >= 15 is 0 Å². The molecule has 2 atom stereocenters. The molecule has 0 aliphatic heterocycles. The number of methoxy groups -OCH3 is 1. The number of hydrogen-bond donors (Lipinski definition) is 0. The summed E-state index contributed by atoms with van der Waals surface area (Å²) in [4.78, 5) is 13.3. The van der Waals surface area contributed by atoms with Gasteiger partial charge in [0.15, 0.2) is 11.6 Å². The van der Waals surface area contributed by atoms with E-state index < -0.39 is 17.7 Å². The monoisotopic (exact) mass is 257 g/mol. The second kappa shape index (κ2) is 5.91. The van der Waals surface area contributed by atoms with E-state index in [4.69, 9.17) is 4.74 Å². The Bertz CT molecular complexity index is 437. The predicted molar refractivity (Wildman–Crippen MR) is 64.0 cm³/mol. The lowest BCUT2D eigenvalue weighted by Gasteiger charge is -2.27. The lowest BCUT2D eigenvalue weighted by atomic mass is 10.1. The third-order valence-electron chi connectivity index (χ3n) is 3.06. The Balaban J connectivity index is 2.89. The third-order valence-corrected chi connectivity index (χ3v) is 3.06. The molecule has 3 nitrogen and oxygen atoms in total. The minimum atomic E-state index is -0.917. The van der Waals surface area contributed by atoms with Crippen LogP contribution in [0.25, 0.3) is 0 Å². The van der Waals surface area contributed by atoms with Crippen LogP contribution < -0.4 is 0 Å². The summed E-state index contributed by atoms with van der Waals surface area (Å²) in [7, 11) is 3.04. The molecule has 1 amide bonds. The van der Waals surface area contributed by atoms with Crippen molar-refractivity contribution in [2.24, 2.45) is 0 Å². The van der Waals surface area contributed by atoms with Crippen LogP contribution in [0.3, 0.4) is 0 Å². The molecule has 0 spiro atoms. The number of benzene rings is 1. The number of amides is 1. The maximum atomic E-state index is 13.1. The highest BCUT2D eigenvalue weighted by Crippen LogP contribution is 2.21. The molecule has 0 saturated carbocycles. The summed E-state index contributed by atoms with van der Waals surface area (Å²) >= 11 is 0. The van der Waals surface area contributed by atoms with Crippen molar-refractivity contribution in [2.75, 3.05) is 14.2 Å². The summed E-state index contributed by atoms with van der Waals surface area (Å²) in [6.45, 7) is 3.38. The summed E-state index contributed by atoms with van der Waals surface area (Å²) in [5, 5.41) is 0. The van der Waals surface area contributed by atoms with Gasteiger partial charge in [0.2, 0.25) is 0 Å². The van der Waals surface area contributed by atoms with Crippen LogP contribution in [0.15, 0.2) is 18.2 Å². The van der Waals surface area contributed by atoms with Crippen LogP contribution in [0.2, 0.25) is 0 Å². The highest BCUT2D eigenvalue weighted by atomic mass is 19.2. The minimum absolute atomic E-state index is 0.213. The molecular weight excluding hydrogens is 240 g/mol. The molecule has 0 aromatic heterocycles. The van der Waals surface area contributed by atoms with Gasteiger partial charge in [-0.3, -0.25) is 4.79 Å². The van der Waals surface area contributed by atoms with Gasteiger partial charge in [-0.1, -0.05) is 6.07 Å². The van der Waals surface area contributed by atoms with Gasteiger partial charge in [-0.15, -0.1) is 0 Å². The first kappa shape index (κ1) is 14.6. The quantitative estimate of drug-likeness (QED) is 0.829. The molecule has 0 bridgehead atoms. The number of ether oxygens (including phenoxy) is 1. The van der Waals surface area contributed by atoms with Crippen molar-refractivity contribution in [2.45, 2.75) is 26.0 Å². The Morgan fingerprint density at radius 1 is 1.28 bits per heavy atom. The molecule has 0 N–H and O–H groups in total. The molecule has 0 saturated heterocycles. The average molecular weight is 257 g/mol. The molecule has 100 valence electrons. The molecule has 18 heavy (non-hydrogen) atoms. The molecule has 0 fully saturated rings. The van der Waals surface area contributed by atoms with E-state index in [1.165, 1.54) is 18.1 Å². The fourth-order valence-electron chi connectivity index (χ4n) is 1.57. The number of rotatable bonds is 4. The second-order valence-electron chi connectivity index (χ2n) is 4.18. The average Bonchev–Trinajstić information content (AvgIpc) is 2.38. The van der Waals surface area contributed by atoms with Gasteiger partial charge in [0, 0.05) is 14.2 Å². The molecular formula is C13H17F2NO2. The molecule has 1 rings (SSSR count). The molecule has 1 aromatic carbocycles. The number of nitrogens with zero attached hydrogens (tertiary/aromatic N) is 1. The number of halogens is 2. The van der Waals surface area contributed by atoms with Crippen molar-refractivity contribution in [1.29, 1.82) is 0 Å². The molecule has 5 heteroatoms. The van der Waals surface area contributed by atoms with Crippen molar-refractivity contribution in [3.05, 3.63) is 35.4 Å². The topological polar surface area (TPSA) is 29.5 Å². The molecule has 0 heterocycles. The Morgan fingerprint density at radius 3 is 2.39 bits per heavy atom. The molecule has 0 radical (unpaired) electrons. The van der Waals surface area contributed by atoms with Crippen LogP contribution in [0, 0.1) is 11.6 Å². The van der Waals surface area contributed by atoms with Crippen LogP contribution in [0.1, 0.15) is 25.5 Å². The van der Waals surface area contributed by atoms with Gasteiger partial charge >= 0.3 is 0 Å². The van der Waals surface area contributed by atoms with E-state index in [0.717, 1.165) is 12.1 Å². The largest absolute Gasteiger partial charge is 0.372 e. The predicted octanol–water partition coefficient (Wildman–Crippen LogP) is 2.52. The zero-order valence-corrected chi connectivity index (χ0v) is 10.9. The minimum Gasteiger partial charge on any atom is -0.372 e. The highest BCUT2D eigenvalue weighted by molar-refractivity contribution is 5.80. The van der Waals surface area contributed by atoms with Crippen LogP contribution >= 0.6 is 0 Å². The summed E-state index contributed by atoms with van der Waals surface area (Å²) in [6, 6.07) is 3.26. The number of hydrogen-bond acceptors (Lipinski definition) is 2. The highest BCUT2D eigenvalue weighted by Gasteiger charge is 2.22. The SMILES string of the molecule is COC(C)C(=O)N(C)C(C)c1ccc(F)c(F)c1. The van der Waals surface area contributed by atoms with Crippen LogP contribution in [0.5, 0.6) is 0 Å². The van der Waals surface area contributed by atoms with Gasteiger partial charge in [0.1, 0.15) is 6.10 Å². The van der Waals surface area contributed by atoms with Crippen molar-refractivity contribution in [3.8, 4) is 0 Å². The maximum Gasteiger partial charge on any atom is 0.251 e. The summed E-state index contributed by atoms with van der Waals surface area (Å²) in [5.74, 6) is -2.03. The second-order valence-corrected chi connectivity index (χ2v) is 4.18. The first-order valence-corrected chi connectivity index (χ1v) is 5.63. The number of carbonyl (C=O) groups excluding carboxylic acids is 1. The molecule has 2 unspecified atom stereocenters. The summed E-state index contributed by atoms with van der Waals surface area (Å²) in [6.07, 6.45) is -0.567. The van der Waals surface area contributed by atoms with E-state index in [2.05, 4.69) is 0 Å². The Kier molecular flexibility index (Phi) is 4.78. The standard InChI is InChI=1S/C13H17F2NO2/c1-8(16(3)13(17)9(2)18-4)10-5-6-11(14)12(15)7-10/h5-9H,1-4H3. The van der Waals surface area contributed by atoms with Gasteiger partial charge < -0.3 is 9.64 Å². The normalized spacial score (nSPS) is 14.1. The molecule has 0 aliphatic carbocycles. The third kappa shape index (κ3) is 3.04. The van der Waals surface area contributed by atoms with E-state index in [-0.39, 0.29) is 11.9 Å². The van der Waals surface area contributed by atoms with Gasteiger partial charge in [-0.2, -0.15) is 0 Å². The molecule has 0 aliphatic rings. The van der Waals surface area contributed by atoms with Crippen LogP contribution in [-0.4, -0.2) is 31.1 Å². The van der Waals surface area contributed by atoms with E-state index in [1.807, 2.05) is 0 Å². The van der Waals surface area contributed by atoms with Gasteiger partial charge in [-0.05, 0) is 31.5 Å². The molecule has 1 aromatic rings. The van der Waals surface area contributed by atoms with Crippen molar-refractivity contribution >= 4 is 5.91 Å². The maximum absolute atomic E-state index is 13.1. The van der Waals surface area contributed by atoms with Gasteiger partial charge in [0.05, 0.1) is 6.04 Å². The van der Waals surface area contributed by atoms with E-state index in [1.54, 1.807) is 20.9 Å². The van der Waals surface area contributed by atoms with Crippen molar-refractivity contribution in [1.82, 2.24) is 4.90 Å². The first-order valence-electron chi connectivity index (χ1n) is 5.63. The fraction of sp³-hybridized carbons (Fsp3) is 0.462. The smallest absolute Gasteiger partial charge is 0.251 e. The Morgan fingerprint density at radius 2 is 1.89 bits per heavy atom. The van der Waals surface area contributed by atoms with Crippen LogP contribution in [-0.2, 0) is 9.53 Å². The van der Waals surface area contributed by atoms with Crippen molar-refractivity contribution < 1.29 is 18.3 Å². The number of likely N-dealkylation sites (N-methyl/N-ethyl adjacent to an activating group) is 1. The van der Waals surface area contributed by atoms with E-state index in [9.17, 15) is 13.6 Å². The Hall–Kier alpha value is -1.49. The summed E-state index contributed by atoms with van der Waals surface area (Å²) < 4.78 is 30.9. The number of carbonyl (C=O) groups is 1. The summed E-state index contributed by atoms with van der Waals surface area (Å²) in [5.41, 5.74) is 0.535. The zero-order chi connectivity index (χ0) is 13.9. The lowest BCUT2D eigenvalue weighted by Crippen LogP contribution is -2.37. The lowest BCUT2D eigenvalue weighted by molar-refractivity contribution is -0.141. The fourth-order valence-corrected chi connectivity index (χ4v) is 1.57. The first-order chi connectivity index (χ1) is 8.38. The zero-order valence-electron chi connectivity index (χ0n) is 10.9. The Labute approximate surface area is 105 Å². The van der Waals surface area contributed by atoms with Gasteiger partial charge in [0.25, 0.3) is 5.91 Å². The van der Waals surface area contributed by atoms with Gasteiger partial charge in [-0.25, -0.2) is 8.78 Å². The van der Waals surface area contributed by atoms with E-state index in [0.29, 0.717) is 5.56 Å². The van der Waals surface area contributed by atoms with Crippen LogP contribution in [0.4, 0.5) is 8.78 Å². The van der Waals surface area contributed by atoms with Crippen molar-refractivity contribution in [3.63, 3.8) is 0 Å².